The van der Waals surface area contributed by atoms with Gasteiger partial charge in [0, 0.05) is 34.3 Å². The minimum Gasteiger partial charge on any atom is -0.358 e. The number of nitrogens with zero attached hydrogens (tertiary/aromatic N) is 2. The van der Waals surface area contributed by atoms with Crippen molar-refractivity contribution in [3.8, 4) is 22.3 Å². The fraction of sp³-hybridized carbons (Fsp3) is 0. The number of fused-ring (bicyclic) bond motifs is 2. The molecule has 0 aliphatic rings. The van der Waals surface area contributed by atoms with Crippen molar-refractivity contribution in [2.45, 2.75) is 0 Å². The predicted octanol–water partition coefficient (Wildman–Crippen LogP) is 7.58. The highest BCUT2D eigenvalue weighted by molar-refractivity contribution is 6.04. The molecule has 5 nitrogen and oxygen atoms in total. The summed E-state index contributed by atoms with van der Waals surface area (Å²) < 4.78 is 8.16. The molecular weight excluding hydrogens is 436 g/mol. The van der Waals surface area contributed by atoms with Crippen LogP contribution in [-0.4, -0.2) is 21.3 Å². The lowest BCUT2D eigenvalue weighted by Crippen LogP contribution is -2.21. The number of rotatable bonds is 2. The molecule has 0 spiro atoms. The highest BCUT2D eigenvalue weighted by Gasteiger charge is 2.21. The molecule has 0 saturated heterocycles. The largest absolute Gasteiger partial charge is 0.427 e. The molecule has 0 bridgehead atoms. The van der Waals surface area contributed by atoms with Gasteiger partial charge in [-0.3, -0.25) is 9.13 Å². The smallest absolute Gasteiger partial charge is 0.358 e. The van der Waals surface area contributed by atoms with Gasteiger partial charge in [0.1, 0.15) is 0 Å². The van der Waals surface area contributed by atoms with Crippen LogP contribution in [0.2, 0.25) is 0 Å². The van der Waals surface area contributed by atoms with Crippen LogP contribution < -0.4 is 0 Å². The third kappa shape index (κ3) is 3.60. The second kappa shape index (κ2) is 8.47. The van der Waals surface area contributed by atoms with Crippen molar-refractivity contribution in [2.24, 2.45) is 0 Å². The molecule has 0 fully saturated rings. The first-order chi connectivity index (χ1) is 17.2. The summed E-state index contributed by atoms with van der Waals surface area (Å²) in [5.41, 5.74) is 5.08. The van der Waals surface area contributed by atoms with E-state index in [9.17, 15) is 9.59 Å². The highest BCUT2D eigenvalue weighted by Crippen LogP contribution is 2.32. The SMILES string of the molecule is O=C(OC(=O)n1cc(-c2ccccc2)c2ccccc21)n1cc(-c2ccccc2)c2ccccc21. The van der Waals surface area contributed by atoms with Gasteiger partial charge in [0.2, 0.25) is 0 Å². The lowest BCUT2D eigenvalue weighted by molar-refractivity contribution is 0.154. The molecule has 0 amide bonds. The molecule has 168 valence electrons. The van der Waals surface area contributed by atoms with E-state index in [0.717, 1.165) is 33.0 Å². The average molecular weight is 457 g/mol. The van der Waals surface area contributed by atoms with Crippen molar-refractivity contribution in [3.63, 3.8) is 0 Å². The molecule has 0 saturated carbocycles. The third-order valence-electron chi connectivity index (χ3n) is 6.16. The molecule has 2 aromatic heterocycles. The Labute approximate surface area is 201 Å². The van der Waals surface area contributed by atoms with E-state index in [0.29, 0.717) is 11.0 Å². The zero-order valence-electron chi connectivity index (χ0n) is 18.7. The normalized spacial score (nSPS) is 11.1. The Morgan fingerprint density at radius 2 is 0.857 bits per heavy atom. The summed E-state index contributed by atoms with van der Waals surface area (Å²) in [4.78, 5) is 26.4. The highest BCUT2D eigenvalue weighted by atomic mass is 16.6. The van der Waals surface area contributed by atoms with E-state index in [2.05, 4.69) is 0 Å². The van der Waals surface area contributed by atoms with E-state index in [1.54, 1.807) is 12.4 Å². The van der Waals surface area contributed by atoms with Gasteiger partial charge in [-0.1, -0.05) is 97.1 Å². The molecule has 0 radical (unpaired) electrons. The standard InChI is InChI=1S/C30H20N2O3/c33-29(31-19-25(21-11-3-1-4-12-21)23-15-7-9-17-27(23)31)35-30(34)32-20-26(22-13-5-2-6-14-22)24-16-8-10-18-28(24)32/h1-20H. The average Bonchev–Trinajstić information content (AvgIpc) is 3.49. The van der Waals surface area contributed by atoms with Gasteiger partial charge in [-0.05, 0) is 23.3 Å². The summed E-state index contributed by atoms with van der Waals surface area (Å²) in [7, 11) is 0. The molecule has 0 unspecified atom stereocenters. The number of hydrogen-bond acceptors (Lipinski definition) is 3. The van der Waals surface area contributed by atoms with Crippen LogP contribution in [0.25, 0.3) is 44.1 Å². The van der Waals surface area contributed by atoms with Crippen molar-refractivity contribution < 1.29 is 14.3 Å². The maximum absolute atomic E-state index is 13.2. The first-order valence-corrected chi connectivity index (χ1v) is 11.3. The summed E-state index contributed by atoms with van der Waals surface area (Å²) >= 11 is 0. The van der Waals surface area contributed by atoms with Gasteiger partial charge in [-0.25, -0.2) is 9.59 Å². The van der Waals surface area contributed by atoms with E-state index < -0.39 is 12.2 Å². The Morgan fingerprint density at radius 3 is 1.29 bits per heavy atom. The van der Waals surface area contributed by atoms with Crippen molar-refractivity contribution in [1.82, 2.24) is 9.13 Å². The van der Waals surface area contributed by atoms with Gasteiger partial charge in [0.25, 0.3) is 0 Å². The zero-order valence-corrected chi connectivity index (χ0v) is 18.7. The first kappa shape index (κ1) is 20.7. The predicted molar refractivity (Wildman–Crippen MR) is 137 cm³/mol. The Kier molecular flexibility index (Phi) is 5.00. The van der Waals surface area contributed by atoms with Gasteiger partial charge >= 0.3 is 12.2 Å². The van der Waals surface area contributed by atoms with Gasteiger partial charge in [-0.2, -0.15) is 0 Å². The Hall–Kier alpha value is -4.90. The molecular formula is C30H20N2O3. The summed E-state index contributed by atoms with van der Waals surface area (Å²) in [6.07, 6.45) is 1.93. The molecule has 0 N–H and O–H groups in total. The second-order valence-electron chi connectivity index (χ2n) is 8.23. The van der Waals surface area contributed by atoms with Crippen LogP contribution in [-0.2, 0) is 4.74 Å². The number of benzene rings is 4. The van der Waals surface area contributed by atoms with Crippen molar-refractivity contribution in [1.29, 1.82) is 0 Å². The molecule has 0 aliphatic carbocycles. The molecule has 2 heterocycles. The molecule has 5 heteroatoms. The van der Waals surface area contributed by atoms with Crippen LogP contribution in [0.15, 0.2) is 122 Å². The Balaban J connectivity index is 1.38. The van der Waals surface area contributed by atoms with Crippen molar-refractivity contribution >= 4 is 34.0 Å². The number of hydrogen-bond donors (Lipinski definition) is 0. The molecule has 4 aromatic carbocycles. The van der Waals surface area contributed by atoms with Crippen molar-refractivity contribution in [3.05, 3.63) is 122 Å². The van der Waals surface area contributed by atoms with Gasteiger partial charge in [0.05, 0.1) is 11.0 Å². The second-order valence-corrected chi connectivity index (χ2v) is 8.23. The number of carbonyl (C=O) groups is 2. The van der Waals surface area contributed by atoms with Crippen LogP contribution in [0.4, 0.5) is 9.59 Å². The van der Waals surface area contributed by atoms with Crippen molar-refractivity contribution in [2.75, 3.05) is 0 Å². The molecule has 35 heavy (non-hydrogen) atoms. The number of carbonyl (C=O) groups excluding carboxylic acids is 2. The number of para-hydroxylation sites is 2. The summed E-state index contributed by atoms with van der Waals surface area (Å²) in [5.74, 6) is 0. The Morgan fingerprint density at radius 1 is 0.486 bits per heavy atom. The van der Waals surface area contributed by atoms with Gasteiger partial charge in [-0.15, -0.1) is 0 Å². The zero-order chi connectivity index (χ0) is 23.8. The molecule has 0 atom stereocenters. The molecule has 0 aliphatic heterocycles. The van der Waals surface area contributed by atoms with Gasteiger partial charge < -0.3 is 4.74 Å². The van der Waals surface area contributed by atoms with E-state index in [4.69, 9.17) is 4.74 Å². The van der Waals surface area contributed by atoms with E-state index in [1.807, 2.05) is 109 Å². The third-order valence-corrected chi connectivity index (χ3v) is 6.16. The van der Waals surface area contributed by atoms with Crippen LogP contribution in [0.3, 0.4) is 0 Å². The maximum atomic E-state index is 13.2. The quantitative estimate of drug-likeness (QED) is 0.252. The monoisotopic (exact) mass is 456 g/mol. The summed E-state index contributed by atoms with van der Waals surface area (Å²) in [6.45, 7) is 0. The summed E-state index contributed by atoms with van der Waals surface area (Å²) in [6, 6.07) is 34.8. The summed E-state index contributed by atoms with van der Waals surface area (Å²) in [5, 5.41) is 1.81. The fourth-order valence-electron chi connectivity index (χ4n) is 4.53. The number of ether oxygens (including phenoxy) is 1. The lowest BCUT2D eigenvalue weighted by atomic mass is 10.1. The lowest BCUT2D eigenvalue weighted by Gasteiger charge is -2.06. The fourth-order valence-corrected chi connectivity index (χ4v) is 4.53. The minimum atomic E-state index is -0.757. The first-order valence-electron chi connectivity index (χ1n) is 11.3. The maximum Gasteiger partial charge on any atom is 0.427 e. The molecule has 6 rings (SSSR count). The topological polar surface area (TPSA) is 53.2 Å². The van der Waals surface area contributed by atoms with E-state index in [-0.39, 0.29) is 0 Å². The van der Waals surface area contributed by atoms with Gasteiger partial charge in [0.15, 0.2) is 0 Å². The van der Waals surface area contributed by atoms with Crippen LogP contribution >= 0.6 is 0 Å². The Bertz CT molecular complexity index is 1570. The van der Waals surface area contributed by atoms with Crippen LogP contribution in [0.1, 0.15) is 0 Å². The van der Waals surface area contributed by atoms with E-state index >= 15 is 0 Å². The van der Waals surface area contributed by atoms with E-state index in [1.165, 1.54) is 9.13 Å². The van der Waals surface area contributed by atoms with Crippen LogP contribution in [0.5, 0.6) is 0 Å². The van der Waals surface area contributed by atoms with Crippen LogP contribution in [0, 0.1) is 0 Å². The molecule has 6 aromatic rings. The minimum absolute atomic E-state index is 0.673. The number of aromatic nitrogens is 2.